The molecule has 2 heterocycles. The number of alkyl halides is 3. The van der Waals surface area contributed by atoms with Gasteiger partial charge in [0.05, 0.1) is 5.56 Å². The molecule has 0 N–H and O–H groups in total. The van der Waals surface area contributed by atoms with Crippen LogP contribution in [0.2, 0.25) is 0 Å². The largest absolute Gasteiger partial charge is 0.573 e. The van der Waals surface area contributed by atoms with Gasteiger partial charge in [-0.25, -0.2) is 0 Å². The van der Waals surface area contributed by atoms with Crippen LogP contribution in [0.4, 0.5) is 13.2 Å². The number of carbonyl (C=O) groups excluding carboxylic acids is 2. The lowest BCUT2D eigenvalue weighted by Gasteiger charge is -2.25. The van der Waals surface area contributed by atoms with Gasteiger partial charge in [0.1, 0.15) is 11.8 Å². The highest BCUT2D eigenvalue weighted by Crippen LogP contribution is 2.30. The van der Waals surface area contributed by atoms with Crippen LogP contribution in [0.25, 0.3) is 0 Å². The van der Waals surface area contributed by atoms with E-state index in [2.05, 4.69) is 14.9 Å². The van der Waals surface area contributed by atoms with E-state index < -0.39 is 24.1 Å². The van der Waals surface area contributed by atoms with Crippen molar-refractivity contribution in [2.24, 2.45) is 0 Å². The Labute approximate surface area is 164 Å². The van der Waals surface area contributed by atoms with Gasteiger partial charge < -0.3 is 19.1 Å². The van der Waals surface area contributed by atoms with Gasteiger partial charge >= 0.3 is 6.36 Å². The van der Waals surface area contributed by atoms with Gasteiger partial charge in [-0.1, -0.05) is 17.3 Å². The number of para-hydroxylation sites is 1. The van der Waals surface area contributed by atoms with Crippen LogP contribution < -0.4 is 4.74 Å². The second kappa shape index (κ2) is 8.10. The quantitative estimate of drug-likeness (QED) is 0.770. The second-order valence-corrected chi connectivity index (χ2v) is 6.53. The summed E-state index contributed by atoms with van der Waals surface area (Å²) in [5, 5.41) is 3.74. The van der Waals surface area contributed by atoms with Gasteiger partial charge in [0, 0.05) is 26.6 Å². The lowest BCUT2D eigenvalue weighted by molar-refractivity contribution is -0.274. The van der Waals surface area contributed by atoms with Gasteiger partial charge in [-0.2, -0.15) is 4.98 Å². The predicted molar refractivity (Wildman–Crippen MR) is 92.8 cm³/mol. The van der Waals surface area contributed by atoms with E-state index in [0.717, 1.165) is 6.07 Å². The third-order valence-electron chi connectivity index (χ3n) is 4.52. The van der Waals surface area contributed by atoms with Crippen molar-refractivity contribution < 1.29 is 32.0 Å². The van der Waals surface area contributed by atoms with E-state index >= 15 is 0 Å². The lowest BCUT2D eigenvalue weighted by Crippen LogP contribution is -2.37. The van der Waals surface area contributed by atoms with Gasteiger partial charge in [-0.3, -0.25) is 9.59 Å². The summed E-state index contributed by atoms with van der Waals surface area (Å²) in [4.78, 5) is 32.1. The van der Waals surface area contributed by atoms with Crippen molar-refractivity contribution in [3.8, 4) is 5.75 Å². The van der Waals surface area contributed by atoms with Crippen molar-refractivity contribution in [2.75, 3.05) is 19.6 Å². The van der Waals surface area contributed by atoms with E-state index in [1.807, 2.05) is 0 Å². The molecule has 1 fully saturated rings. The maximum Gasteiger partial charge on any atom is 0.573 e. The summed E-state index contributed by atoms with van der Waals surface area (Å²) in [5.41, 5.74) is -0.203. The highest BCUT2D eigenvalue weighted by molar-refractivity contribution is 5.97. The molecule has 0 saturated carbocycles. The smallest absolute Gasteiger partial charge is 0.405 e. The van der Waals surface area contributed by atoms with Gasteiger partial charge in [0.25, 0.3) is 5.91 Å². The number of amides is 2. The first kappa shape index (κ1) is 20.6. The molecule has 8 nitrogen and oxygen atoms in total. The number of carbonyl (C=O) groups is 2. The van der Waals surface area contributed by atoms with E-state index in [0.29, 0.717) is 12.2 Å². The number of hydrogen-bond donors (Lipinski definition) is 0. The van der Waals surface area contributed by atoms with Crippen LogP contribution in [-0.4, -0.2) is 57.8 Å². The van der Waals surface area contributed by atoms with Gasteiger partial charge in [-0.05, 0) is 25.5 Å². The van der Waals surface area contributed by atoms with Crippen molar-refractivity contribution in [2.45, 2.75) is 32.7 Å². The molecule has 0 radical (unpaired) electrons. The standard InChI is InChI=1S/C18H19F3N4O4/c1-11-22-16(29-23-11)14-7-8-24(9-10-25(14)12(2)26)17(27)13-5-3-4-6-15(13)28-18(19,20)21/h3-6,14H,7-10H2,1-2H3. The molecular weight excluding hydrogens is 393 g/mol. The molecule has 0 spiro atoms. The lowest BCUT2D eigenvalue weighted by atomic mass is 10.1. The number of aromatic nitrogens is 2. The first-order valence-corrected chi connectivity index (χ1v) is 8.87. The van der Waals surface area contributed by atoms with Crippen LogP contribution in [0.3, 0.4) is 0 Å². The fraction of sp³-hybridized carbons (Fsp3) is 0.444. The van der Waals surface area contributed by atoms with E-state index in [1.54, 1.807) is 6.92 Å². The summed E-state index contributed by atoms with van der Waals surface area (Å²) in [5.74, 6) is -0.745. The monoisotopic (exact) mass is 412 g/mol. The highest BCUT2D eigenvalue weighted by Gasteiger charge is 2.35. The summed E-state index contributed by atoms with van der Waals surface area (Å²) >= 11 is 0. The fourth-order valence-electron chi connectivity index (χ4n) is 3.24. The Kier molecular flexibility index (Phi) is 5.76. The molecule has 1 aromatic carbocycles. The van der Waals surface area contributed by atoms with Gasteiger partial charge in [0.15, 0.2) is 5.82 Å². The molecule has 0 bridgehead atoms. The Morgan fingerprint density at radius 3 is 2.55 bits per heavy atom. The Morgan fingerprint density at radius 1 is 1.21 bits per heavy atom. The van der Waals surface area contributed by atoms with E-state index in [-0.39, 0.29) is 37.0 Å². The molecule has 1 atom stereocenters. The molecule has 11 heteroatoms. The minimum absolute atomic E-state index is 0.141. The zero-order valence-electron chi connectivity index (χ0n) is 15.8. The molecule has 1 aliphatic rings. The van der Waals surface area contributed by atoms with Crippen LogP contribution in [0.15, 0.2) is 28.8 Å². The Morgan fingerprint density at radius 2 is 1.93 bits per heavy atom. The van der Waals surface area contributed by atoms with Crippen LogP contribution >= 0.6 is 0 Å². The van der Waals surface area contributed by atoms with Crippen LogP contribution in [0.1, 0.15) is 41.5 Å². The summed E-state index contributed by atoms with van der Waals surface area (Å²) in [7, 11) is 0. The molecule has 3 rings (SSSR count). The molecule has 156 valence electrons. The van der Waals surface area contributed by atoms with Gasteiger partial charge in [0.2, 0.25) is 11.8 Å². The first-order valence-electron chi connectivity index (χ1n) is 8.87. The predicted octanol–water partition coefficient (Wildman–Crippen LogP) is 2.71. The maximum atomic E-state index is 12.9. The van der Waals surface area contributed by atoms with E-state index in [4.69, 9.17) is 4.52 Å². The number of hydrogen-bond acceptors (Lipinski definition) is 6. The number of aryl methyl sites for hydroxylation is 1. The molecule has 2 aromatic rings. The number of ether oxygens (including phenoxy) is 1. The van der Waals surface area contributed by atoms with Crippen molar-refractivity contribution in [1.29, 1.82) is 0 Å². The van der Waals surface area contributed by atoms with Crippen LogP contribution in [-0.2, 0) is 4.79 Å². The Bertz CT molecular complexity index is 899. The summed E-state index contributed by atoms with van der Waals surface area (Å²) in [6.07, 6.45) is -4.61. The summed E-state index contributed by atoms with van der Waals surface area (Å²) in [6.45, 7) is 3.54. The number of nitrogens with zero attached hydrogens (tertiary/aromatic N) is 4. The Hall–Kier alpha value is -3.11. The van der Waals surface area contributed by atoms with Crippen molar-refractivity contribution >= 4 is 11.8 Å². The molecule has 0 aliphatic carbocycles. The van der Waals surface area contributed by atoms with Crippen molar-refractivity contribution in [1.82, 2.24) is 19.9 Å². The van der Waals surface area contributed by atoms with Gasteiger partial charge in [-0.15, -0.1) is 13.2 Å². The average molecular weight is 412 g/mol. The zero-order valence-corrected chi connectivity index (χ0v) is 15.8. The van der Waals surface area contributed by atoms with Crippen molar-refractivity contribution in [3.05, 3.63) is 41.5 Å². The molecule has 1 aliphatic heterocycles. The van der Waals surface area contributed by atoms with E-state index in [9.17, 15) is 22.8 Å². The summed E-state index contributed by atoms with van der Waals surface area (Å²) < 4.78 is 47.1. The molecule has 1 unspecified atom stereocenters. The highest BCUT2D eigenvalue weighted by atomic mass is 19.4. The minimum Gasteiger partial charge on any atom is -0.405 e. The SMILES string of the molecule is CC(=O)N1CCN(C(=O)c2ccccc2OC(F)(F)F)CCC1c1nc(C)no1. The normalized spacial score (nSPS) is 17.8. The minimum atomic E-state index is -4.92. The molecular formula is C18H19F3N4O4. The number of rotatable bonds is 3. The van der Waals surface area contributed by atoms with Crippen LogP contribution in [0.5, 0.6) is 5.75 Å². The number of benzene rings is 1. The first-order chi connectivity index (χ1) is 13.7. The maximum absolute atomic E-state index is 12.9. The van der Waals surface area contributed by atoms with E-state index in [1.165, 1.54) is 34.9 Å². The number of halogens is 3. The molecule has 1 saturated heterocycles. The topological polar surface area (TPSA) is 88.8 Å². The third kappa shape index (κ3) is 4.84. The molecule has 1 aromatic heterocycles. The zero-order chi connectivity index (χ0) is 21.2. The van der Waals surface area contributed by atoms with Crippen LogP contribution in [0, 0.1) is 6.92 Å². The fourth-order valence-corrected chi connectivity index (χ4v) is 3.24. The second-order valence-electron chi connectivity index (χ2n) is 6.53. The Balaban J connectivity index is 1.83. The third-order valence-corrected chi connectivity index (χ3v) is 4.52. The molecule has 29 heavy (non-hydrogen) atoms. The summed E-state index contributed by atoms with van der Waals surface area (Å²) in [6, 6.07) is 4.65. The van der Waals surface area contributed by atoms with Crippen molar-refractivity contribution in [3.63, 3.8) is 0 Å². The average Bonchev–Trinajstić information content (AvgIpc) is 2.94. The molecule has 2 amide bonds.